The van der Waals surface area contributed by atoms with Crippen LogP contribution in [-0.4, -0.2) is 43.5 Å². The molecule has 1 heterocycles. The second-order valence-electron chi connectivity index (χ2n) is 11.2. The minimum Gasteiger partial charge on any atom is -0.387 e. The number of hydrogen-bond donors (Lipinski definition) is 4. The summed E-state index contributed by atoms with van der Waals surface area (Å²) in [4.78, 5) is 19.3. The predicted molar refractivity (Wildman–Crippen MR) is 172 cm³/mol. The maximum atomic E-state index is 12.5. The van der Waals surface area contributed by atoms with E-state index in [0.29, 0.717) is 12.5 Å². The molecule has 1 unspecified atom stereocenters. The number of nitrogens with two attached hydrogens (primary N) is 1. The molecule has 3 aromatic rings. The van der Waals surface area contributed by atoms with Gasteiger partial charge in [0, 0.05) is 43.1 Å². The highest BCUT2D eigenvalue weighted by atomic mass is 32.2. The molecule has 2 aromatic carbocycles. The van der Waals surface area contributed by atoms with Crippen molar-refractivity contribution in [1.82, 2.24) is 15.6 Å². The number of carbonyl (C=O) groups is 1. The zero-order valence-electron chi connectivity index (χ0n) is 25.7. The lowest BCUT2D eigenvalue weighted by atomic mass is 10.0. The van der Waals surface area contributed by atoms with Gasteiger partial charge in [-0.15, -0.1) is 0 Å². The van der Waals surface area contributed by atoms with E-state index in [1.54, 1.807) is 18.3 Å². The summed E-state index contributed by atoms with van der Waals surface area (Å²) < 4.78 is 22.8. The zero-order valence-corrected chi connectivity index (χ0v) is 26.6. The van der Waals surface area contributed by atoms with Gasteiger partial charge in [-0.2, -0.15) is 0 Å². The minimum atomic E-state index is -3.75. The molecule has 0 fully saturated rings. The molecular formula is C33H45N5O4S. The molecule has 0 aliphatic carbocycles. The van der Waals surface area contributed by atoms with E-state index in [1.807, 2.05) is 36.4 Å². The summed E-state index contributed by atoms with van der Waals surface area (Å²) in [6.07, 6.45) is 4.24. The first-order valence-corrected chi connectivity index (χ1v) is 16.2. The molecule has 9 nitrogen and oxygen atoms in total. The third-order valence-corrected chi connectivity index (χ3v) is 7.98. The largest absolute Gasteiger partial charge is 0.387 e. The highest BCUT2D eigenvalue weighted by molar-refractivity contribution is 7.89. The van der Waals surface area contributed by atoms with Gasteiger partial charge in [0.2, 0.25) is 15.9 Å². The van der Waals surface area contributed by atoms with Crippen LogP contribution in [0.15, 0.2) is 83.5 Å². The molecule has 0 bridgehead atoms. The Morgan fingerprint density at radius 2 is 1.74 bits per heavy atom. The van der Waals surface area contributed by atoms with Crippen molar-refractivity contribution in [3.8, 4) is 0 Å². The van der Waals surface area contributed by atoms with Crippen LogP contribution in [0.1, 0.15) is 63.0 Å². The molecule has 3 rings (SSSR count). The summed E-state index contributed by atoms with van der Waals surface area (Å²) in [5, 5.41) is 22.2. The molecule has 232 valence electrons. The first kappa shape index (κ1) is 33.9. The first-order valence-electron chi connectivity index (χ1n) is 14.6. The number of nitrogens with one attached hydrogen (secondary N) is 2. The van der Waals surface area contributed by atoms with Crippen LogP contribution in [0.25, 0.3) is 0 Å². The van der Waals surface area contributed by atoms with E-state index in [0.717, 1.165) is 46.7 Å². The molecule has 1 amide bonds. The molecule has 1 aromatic heterocycles. The Labute approximate surface area is 256 Å². The van der Waals surface area contributed by atoms with Crippen molar-refractivity contribution in [3.63, 3.8) is 0 Å². The Kier molecular flexibility index (Phi) is 12.4. The van der Waals surface area contributed by atoms with Crippen LogP contribution < -0.4 is 20.7 Å². The number of hydrogen-bond acceptors (Lipinski definition) is 7. The summed E-state index contributed by atoms with van der Waals surface area (Å²) in [5.74, 6) is 1.19. The van der Waals surface area contributed by atoms with Crippen molar-refractivity contribution in [2.75, 3.05) is 18.0 Å². The smallest absolute Gasteiger partial charge is 0.238 e. The van der Waals surface area contributed by atoms with E-state index >= 15 is 0 Å². The van der Waals surface area contributed by atoms with E-state index in [-0.39, 0.29) is 29.8 Å². The van der Waals surface area contributed by atoms with Gasteiger partial charge in [0.05, 0.1) is 17.4 Å². The number of aliphatic hydroxyl groups is 1. The molecule has 5 N–H and O–H groups in total. The fourth-order valence-corrected chi connectivity index (χ4v) is 5.40. The monoisotopic (exact) mass is 607 g/mol. The van der Waals surface area contributed by atoms with Crippen LogP contribution in [0.2, 0.25) is 0 Å². The SMILES string of the molecule is CCN(/C(C)=C\C(C)C)c1ccc(C(O)CN[C@H](C)Cc2cccc(CC(=O)NCc3ccc(S(N)(=O)=O)cc3)c2)cn1. The van der Waals surface area contributed by atoms with Crippen LogP contribution in [0.3, 0.4) is 0 Å². The van der Waals surface area contributed by atoms with Crippen molar-refractivity contribution in [3.05, 3.63) is 101 Å². The second kappa shape index (κ2) is 15.8. The number of benzene rings is 2. The van der Waals surface area contributed by atoms with Crippen molar-refractivity contribution < 1.29 is 18.3 Å². The van der Waals surface area contributed by atoms with Gasteiger partial charge in [-0.05, 0) is 68.0 Å². The Morgan fingerprint density at radius 1 is 1.05 bits per heavy atom. The molecule has 2 atom stereocenters. The molecule has 43 heavy (non-hydrogen) atoms. The number of aromatic nitrogens is 1. The average molecular weight is 608 g/mol. The fourth-order valence-electron chi connectivity index (χ4n) is 4.89. The van der Waals surface area contributed by atoms with E-state index in [2.05, 4.69) is 61.2 Å². The van der Waals surface area contributed by atoms with E-state index in [9.17, 15) is 18.3 Å². The number of amides is 1. The maximum Gasteiger partial charge on any atom is 0.238 e. The topological polar surface area (TPSA) is 138 Å². The Hall–Kier alpha value is -3.57. The Morgan fingerprint density at radius 3 is 2.35 bits per heavy atom. The molecule has 10 heteroatoms. The number of carbonyl (C=O) groups excluding carboxylic acids is 1. The lowest BCUT2D eigenvalue weighted by Gasteiger charge is -2.24. The zero-order chi connectivity index (χ0) is 31.6. The Balaban J connectivity index is 1.47. The standard InChI is InChI=1S/C33H45N5O4S/c1-6-38(25(5)16-23(2)3)32-15-12-29(21-36-32)31(39)22-35-24(4)17-27-8-7-9-28(18-27)19-33(40)37-20-26-10-13-30(14-11-26)43(34,41)42/h7-16,18,21,23-24,31,35,39H,6,17,19-20,22H2,1-5H3,(H,37,40)(H2,34,41,42)/b25-16-/t24-,31?/m1/s1. The quantitative estimate of drug-likeness (QED) is 0.203. The van der Waals surface area contributed by atoms with Gasteiger partial charge in [0.1, 0.15) is 5.82 Å². The molecule has 0 spiro atoms. The minimum absolute atomic E-state index is 0.0348. The van der Waals surface area contributed by atoms with E-state index < -0.39 is 16.1 Å². The number of nitrogens with zero attached hydrogens (tertiary/aromatic N) is 2. The number of anilines is 1. The molecular weight excluding hydrogens is 562 g/mol. The van der Waals surface area contributed by atoms with Gasteiger partial charge in [-0.25, -0.2) is 18.5 Å². The highest BCUT2D eigenvalue weighted by Crippen LogP contribution is 2.20. The van der Waals surface area contributed by atoms with Crippen LogP contribution >= 0.6 is 0 Å². The third-order valence-electron chi connectivity index (χ3n) is 7.05. The summed E-state index contributed by atoms with van der Waals surface area (Å²) >= 11 is 0. The molecule has 0 aliphatic heterocycles. The average Bonchev–Trinajstić information content (AvgIpc) is 2.95. The Bertz CT molecular complexity index is 1470. The second-order valence-corrected chi connectivity index (χ2v) is 12.8. The number of allylic oxidation sites excluding steroid dienone is 2. The highest BCUT2D eigenvalue weighted by Gasteiger charge is 2.14. The summed E-state index contributed by atoms with van der Waals surface area (Å²) in [6, 6.07) is 18.0. The molecule has 0 radical (unpaired) electrons. The number of sulfonamides is 1. The van der Waals surface area contributed by atoms with Gasteiger partial charge in [-0.1, -0.05) is 62.4 Å². The summed E-state index contributed by atoms with van der Waals surface area (Å²) in [7, 11) is -3.75. The van der Waals surface area contributed by atoms with Crippen LogP contribution in [0.4, 0.5) is 5.82 Å². The number of primary sulfonamides is 1. The van der Waals surface area contributed by atoms with Crippen molar-refractivity contribution in [2.45, 2.75) is 71.0 Å². The predicted octanol–water partition coefficient (Wildman–Crippen LogP) is 4.23. The number of rotatable bonds is 15. The fraction of sp³-hybridized carbons (Fsp3) is 0.394. The first-order chi connectivity index (χ1) is 20.3. The van der Waals surface area contributed by atoms with Gasteiger partial charge in [-0.3, -0.25) is 4.79 Å². The molecule has 0 saturated heterocycles. The maximum absolute atomic E-state index is 12.5. The van der Waals surface area contributed by atoms with Crippen LogP contribution in [0, 0.1) is 5.92 Å². The number of pyridine rings is 1. The molecule has 0 aliphatic rings. The van der Waals surface area contributed by atoms with Gasteiger partial charge in [0.25, 0.3) is 0 Å². The van der Waals surface area contributed by atoms with Gasteiger partial charge >= 0.3 is 0 Å². The normalized spacial score (nSPS) is 13.5. The summed E-state index contributed by atoms with van der Waals surface area (Å²) in [6.45, 7) is 12.1. The van der Waals surface area contributed by atoms with Gasteiger partial charge in [0.15, 0.2) is 0 Å². The van der Waals surface area contributed by atoms with Crippen molar-refractivity contribution in [2.24, 2.45) is 11.1 Å². The lowest BCUT2D eigenvalue weighted by molar-refractivity contribution is -0.120. The van der Waals surface area contributed by atoms with Crippen molar-refractivity contribution in [1.29, 1.82) is 0 Å². The molecule has 0 saturated carbocycles. The lowest BCUT2D eigenvalue weighted by Crippen LogP contribution is -2.32. The number of aliphatic hydroxyl groups excluding tert-OH is 1. The van der Waals surface area contributed by atoms with E-state index in [4.69, 9.17) is 5.14 Å². The summed E-state index contributed by atoms with van der Waals surface area (Å²) in [5.41, 5.74) is 4.69. The van der Waals surface area contributed by atoms with Crippen LogP contribution in [-0.2, 0) is 34.2 Å². The van der Waals surface area contributed by atoms with E-state index in [1.165, 1.54) is 12.1 Å². The van der Waals surface area contributed by atoms with Crippen LogP contribution in [0.5, 0.6) is 0 Å². The third kappa shape index (κ3) is 10.9. The van der Waals surface area contributed by atoms with Gasteiger partial charge < -0.3 is 20.6 Å². The van der Waals surface area contributed by atoms with Crippen molar-refractivity contribution >= 4 is 21.7 Å².